The van der Waals surface area contributed by atoms with E-state index in [0.29, 0.717) is 24.5 Å². The van der Waals surface area contributed by atoms with Crippen molar-refractivity contribution in [1.82, 2.24) is 14.7 Å². The zero-order valence-corrected chi connectivity index (χ0v) is 14.8. The first kappa shape index (κ1) is 17.3. The van der Waals surface area contributed by atoms with Crippen molar-refractivity contribution in [2.24, 2.45) is 13.0 Å². The predicted molar refractivity (Wildman–Crippen MR) is 94.8 cm³/mol. The maximum absolute atomic E-state index is 12.7. The van der Waals surface area contributed by atoms with Crippen molar-refractivity contribution in [1.29, 1.82) is 0 Å². The maximum atomic E-state index is 12.7. The number of carbonyl (C=O) groups excluding carboxylic acids is 1. The average Bonchev–Trinajstić information content (AvgIpc) is 3.22. The number of aryl methyl sites for hydroxylation is 2. The molecule has 7 heteroatoms. The van der Waals surface area contributed by atoms with Crippen molar-refractivity contribution in [3.63, 3.8) is 0 Å². The summed E-state index contributed by atoms with van der Waals surface area (Å²) >= 11 is 0. The first-order valence-corrected chi connectivity index (χ1v) is 8.32. The summed E-state index contributed by atoms with van der Waals surface area (Å²) in [6, 6.07) is 5.45. The third kappa shape index (κ3) is 3.46. The quantitative estimate of drug-likeness (QED) is 0.889. The summed E-state index contributed by atoms with van der Waals surface area (Å²) in [6.07, 6.45) is 3.75. The third-order valence-electron chi connectivity index (χ3n) is 4.80. The predicted octanol–water partition coefficient (Wildman–Crippen LogP) is 1.98. The number of carbonyl (C=O) groups is 1. The van der Waals surface area contributed by atoms with Crippen LogP contribution in [-0.2, 0) is 7.05 Å². The number of rotatable bonds is 4. The van der Waals surface area contributed by atoms with Gasteiger partial charge < -0.3 is 20.1 Å². The molecule has 1 aliphatic rings. The Morgan fingerprint density at radius 2 is 2.24 bits per heavy atom. The number of benzene rings is 1. The van der Waals surface area contributed by atoms with E-state index in [0.717, 1.165) is 11.1 Å². The van der Waals surface area contributed by atoms with Gasteiger partial charge >= 0.3 is 6.03 Å². The molecule has 0 radical (unpaired) electrons. The molecule has 3 rings (SSSR count). The number of para-hydroxylation sites is 1. The lowest BCUT2D eigenvalue weighted by Crippen LogP contribution is -2.33. The topological polar surface area (TPSA) is 79.6 Å². The number of aliphatic hydroxyl groups excluding tert-OH is 1. The van der Waals surface area contributed by atoms with Crippen LogP contribution >= 0.6 is 0 Å². The van der Waals surface area contributed by atoms with Crippen LogP contribution in [0.2, 0.25) is 0 Å². The van der Waals surface area contributed by atoms with Gasteiger partial charge in [-0.1, -0.05) is 12.1 Å². The van der Waals surface area contributed by atoms with Gasteiger partial charge in [0.15, 0.2) is 0 Å². The summed E-state index contributed by atoms with van der Waals surface area (Å²) in [5, 5.41) is 16.9. The van der Waals surface area contributed by atoms with Crippen LogP contribution in [0.25, 0.3) is 0 Å². The number of nitrogens with one attached hydrogen (secondary N) is 1. The number of ether oxygens (including phenoxy) is 1. The molecule has 7 nitrogen and oxygen atoms in total. The van der Waals surface area contributed by atoms with E-state index in [4.69, 9.17) is 4.74 Å². The largest absolute Gasteiger partial charge is 0.495 e. The van der Waals surface area contributed by atoms with Crippen LogP contribution in [0.4, 0.5) is 10.5 Å². The number of amides is 2. The summed E-state index contributed by atoms with van der Waals surface area (Å²) < 4.78 is 7.08. The second-order valence-electron chi connectivity index (χ2n) is 6.48. The summed E-state index contributed by atoms with van der Waals surface area (Å²) in [5.41, 5.74) is 2.67. The highest BCUT2D eigenvalue weighted by Gasteiger charge is 2.36. The Hall–Kier alpha value is -2.54. The van der Waals surface area contributed by atoms with E-state index in [9.17, 15) is 9.90 Å². The minimum Gasteiger partial charge on any atom is -0.495 e. The van der Waals surface area contributed by atoms with Gasteiger partial charge in [0, 0.05) is 44.8 Å². The average molecular weight is 344 g/mol. The van der Waals surface area contributed by atoms with Crippen LogP contribution < -0.4 is 10.1 Å². The first-order chi connectivity index (χ1) is 12.0. The van der Waals surface area contributed by atoms with Crippen LogP contribution in [0.1, 0.15) is 17.0 Å². The van der Waals surface area contributed by atoms with E-state index >= 15 is 0 Å². The summed E-state index contributed by atoms with van der Waals surface area (Å²) in [7, 11) is 3.45. The summed E-state index contributed by atoms with van der Waals surface area (Å²) in [6.45, 7) is 3.03. The number of aromatic nitrogens is 2. The summed E-state index contributed by atoms with van der Waals surface area (Å²) in [5.74, 6) is 0.729. The van der Waals surface area contributed by atoms with Gasteiger partial charge in [0.2, 0.25) is 0 Å². The Kier molecular flexibility index (Phi) is 4.94. The molecule has 1 saturated heterocycles. The second kappa shape index (κ2) is 7.14. The normalized spacial score (nSPS) is 19.9. The molecule has 0 saturated carbocycles. The van der Waals surface area contributed by atoms with Gasteiger partial charge in [-0.3, -0.25) is 4.68 Å². The molecule has 1 fully saturated rings. The number of likely N-dealkylation sites (tertiary alicyclic amines) is 1. The van der Waals surface area contributed by atoms with Crippen molar-refractivity contribution in [2.75, 3.05) is 32.1 Å². The summed E-state index contributed by atoms with van der Waals surface area (Å²) in [4.78, 5) is 14.5. The molecule has 2 aromatic rings. The van der Waals surface area contributed by atoms with Gasteiger partial charge in [0.25, 0.3) is 0 Å². The third-order valence-corrected chi connectivity index (χ3v) is 4.80. The number of methoxy groups -OCH3 is 1. The molecule has 2 atom stereocenters. The fourth-order valence-corrected chi connectivity index (χ4v) is 3.39. The van der Waals surface area contributed by atoms with E-state index in [-0.39, 0.29) is 24.5 Å². The molecule has 1 aliphatic heterocycles. The number of hydrogen-bond donors (Lipinski definition) is 2. The Balaban J connectivity index is 1.75. The van der Waals surface area contributed by atoms with Crippen LogP contribution in [0, 0.1) is 12.8 Å². The van der Waals surface area contributed by atoms with Crippen molar-refractivity contribution in [2.45, 2.75) is 12.8 Å². The number of urea groups is 1. The lowest BCUT2D eigenvalue weighted by molar-refractivity contribution is 0.206. The minimum atomic E-state index is -0.183. The van der Waals surface area contributed by atoms with Gasteiger partial charge in [-0.25, -0.2) is 4.79 Å². The fourth-order valence-electron chi connectivity index (χ4n) is 3.39. The lowest BCUT2D eigenvalue weighted by Gasteiger charge is -2.19. The Labute approximate surface area is 147 Å². The van der Waals surface area contributed by atoms with Gasteiger partial charge in [0.05, 0.1) is 19.0 Å². The number of nitrogens with zero attached hydrogens (tertiary/aromatic N) is 3. The Morgan fingerprint density at radius 1 is 1.44 bits per heavy atom. The van der Waals surface area contributed by atoms with Crippen molar-refractivity contribution in [3.8, 4) is 5.75 Å². The minimum absolute atomic E-state index is 0.00807. The molecule has 1 aromatic carbocycles. The van der Waals surface area contributed by atoms with Crippen LogP contribution in [-0.4, -0.2) is 52.6 Å². The van der Waals surface area contributed by atoms with Gasteiger partial charge in [-0.15, -0.1) is 0 Å². The molecule has 0 unspecified atom stereocenters. The maximum Gasteiger partial charge on any atom is 0.321 e. The molecule has 0 bridgehead atoms. The monoisotopic (exact) mass is 344 g/mol. The highest BCUT2D eigenvalue weighted by atomic mass is 16.5. The zero-order valence-electron chi connectivity index (χ0n) is 14.8. The fraction of sp³-hybridized carbons (Fsp3) is 0.444. The van der Waals surface area contributed by atoms with Crippen molar-refractivity contribution in [3.05, 3.63) is 41.7 Å². The highest BCUT2D eigenvalue weighted by molar-refractivity contribution is 5.92. The smallest absolute Gasteiger partial charge is 0.321 e. The molecule has 134 valence electrons. The van der Waals surface area contributed by atoms with E-state index < -0.39 is 0 Å². The van der Waals surface area contributed by atoms with Crippen LogP contribution in [0.3, 0.4) is 0 Å². The van der Waals surface area contributed by atoms with Gasteiger partial charge in [-0.05, 0) is 24.1 Å². The van der Waals surface area contributed by atoms with Gasteiger partial charge in [0.1, 0.15) is 5.75 Å². The molecular weight excluding hydrogens is 320 g/mol. The molecule has 2 N–H and O–H groups in total. The van der Waals surface area contributed by atoms with E-state index in [1.54, 1.807) is 22.9 Å². The molecule has 0 spiro atoms. The second-order valence-corrected chi connectivity index (χ2v) is 6.48. The molecule has 2 amide bonds. The first-order valence-electron chi connectivity index (χ1n) is 8.32. The van der Waals surface area contributed by atoms with Crippen molar-refractivity contribution < 1.29 is 14.6 Å². The zero-order chi connectivity index (χ0) is 18.0. The van der Waals surface area contributed by atoms with Crippen LogP contribution in [0.15, 0.2) is 30.6 Å². The van der Waals surface area contributed by atoms with Gasteiger partial charge in [-0.2, -0.15) is 5.10 Å². The molecule has 1 aromatic heterocycles. The standard InChI is InChI=1S/C18H24N4O3/c1-12-5-4-6-16(25-3)17(12)20-18(24)22-9-14(11-23)15(10-22)13-7-19-21(2)8-13/h4-8,14-15,23H,9-11H2,1-3H3,(H,20,24)/t14-,15-/m0/s1. The SMILES string of the molecule is COc1cccc(C)c1NC(=O)N1C[C@@H](CO)[C@H](c2cnn(C)c2)C1. The number of hydrogen-bond acceptors (Lipinski definition) is 4. The Bertz CT molecular complexity index is 759. The molecule has 0 aliphatic carbocycles. The molecular formula is C18H24N4O3. The number of anilines is 1. The highest BCUT2D eigenvalue weighted by Crippen LogP contribution is 2.33. The molecule has 25 heavy (non-hydrogen) atoms. The van der Waals surface area contributed by atoms with Crippen molar-refractivity contribution >= 4 is 11.7 Å². The number of aliphatic hydroxyl groups is 1. The van der Waals surface area contributed by atoms with E-state index in [1.165, 1.54) is 0 Å². The molecule has 2 heterocycles. The van der Waals surface area contributed by atoms with E-state index in [2.05, 4.69) is 10.4 Å². The van der Waals surface area contributed by atoms with Crippen LogP contribution in [0.5, 0.6) is 5.75 Å². The Morgan fingerprint density at radius 3 is 2.88 bits per heavy atom. The lowest BCUT2D eigenvalue weighted by atomic mass is 9.92. The van der Waals surface area contributed by atoms with E-state index in [1.807, 2.05) is 38.4 Å².